The molecule has 0 aliphatic carbocycles. The molecule has 0 amide bonds. The number of rotatable bonds is 3. The average molecular weight is 345 g/mol. The summed E-state index contributed by atoms with van der Waals surface area (Å²) in [5.74, 6) is 1.29. The van der Waals surface area contributed by atoms with E-state index in [9.17, 15) is 0 Å². The van der Waals surface area contributed by atoms with Gasteiger partial charge >= 0.3 is 0 Å². The molecule has 5 nitrogen and oxygen atoms in total. The van der Waals surface area contributed by atoms with Crippen LogP contribution in [0.4, 0.5) is 0 Å². The van der Waals surface area contributed by atoms with Crippen LogP contribution in [0.25, 0.3) is 22.6 Å². The van der Waals surface area contributed by atoms with Gasteiger partial charge in [-0.15, -0.1) is 11.6 Å². The largest absolute Gasteiger partial charge is 0.360 e. The van der Waals surface area contributed by atoms with Crippen LogP contribution in [0.15, 0.2) is 27.2 Å². The summed E-state index contributed by atoms with van der Waals surface area (Å²) < 4.78 is 10.3. The minimum Gasteiger partial charge on any atom is -0.360 e. The normalized spacial score (nSPS) is 11.0. The Morgan fingerprint density at radius 1 is 1.05 bits per heavy atom. The van der Waals surface area contributed by atoms with Crippen LogP contribution in [-0.4, -0.2) is 15.3 Å². The Hall–Kier alpha value is -1.56. The van der Waals surface area contributed by atoms with E-state index in [1.165, 1.54) is 0 Å². The fourth-order valence-electron chi connectivity index (χ4n) is 1.94. The number of nitrogens with zero attached hydrogens (tertiary/aromatic N) is 3. The van der Waals surface area contributed by atoms with Crippen LogP contribution >= 0.6 is 34.8 Å². The highest BCUT2D eigenvalue weighted by Gasteiger charge is 2.24. The smallest absolute Gasteiger partial charge is 0.241 e. The summed E-state index contributed by atoms with van der Waals surface area (Å²) >= 11 is 18.1. The molecule has 1 aromatic carbocycles. The van der Waals surface area contributed by atoms with Crippen LogP contribution in [0.1, 0.15) is 11.7 Å². The van der Waals surface area contributed by atoms with Crippen LogP contribution < -0.4 is 0 Å². The van der Waals surface area contributed by atoms with E-state index in [0.29, 0.717) is 44.3 Å². The van der Waals surface area contributed by atoms with Crippen LogP contribution in [0.3, 0.4) is 0 Å². The summed E-state index contributed by atoms with van der Waals surface area (Å²) in [6, 6.07) is 5.19. The van der Waals surface area contributed by atoms with Crippen molar-refractivity contribution in [3.8, 4) is 22.6 Å². The standard InChI is InChI=1S/C13H8Cl3N3O2/c1-6-10(13-17-9(5-14)21-19-13)12(18-20-6)11-7(15)3-2-4-8(11)16/h2-4H,5H2,1H3. The maximum absolute atomic E-state index is 6.21. The van der Waals surface area contributed by atoms with E-state index in [1.54, 1.807) is 25.1 Å². The predicted octanol–water partition coefficient (Wildman–Crippen LogP) is 4.75. The van der Waals surface area contributed by atoms with Gasteiger partial charge in [-0.2, -0.15) is 4.98 Å². The Morgan fingerprint density at radius 2 is 1.76 bits per heavy atom. The highest BCUT2D eigenvalue weighted by molar-refractivity contribution is 6.39. The van der Waals surface area contributed by atoms with Gasteiger partial charge in [0.15, 0.2) is 0 Å². The van der Waals surface area contributed by atoms with Crippen LogP contribution in [-0.2, 0) is 5.88 Å². The second kappa shape index (κ2) is 5.67. The van der Waals surface area contributed by atoms with Gasteiger partial charge < -0.3 is 9.05 Å². The first-order chi connectivity index (χ1) is 10.1. The Labute approximate surface area is 134 Å². The molecule has 8 heteroatoms. The number of hydrogen-bond donors (Lipinski definition) is 0. The molecule has 0 spiro atoms. The first kappa shape index (κ1) is 14.4. The lowest BCUT2D eigenvalue weighted by atomic mass is 10.1. The Bertz CT molecular complexity index is 778. The summed E-state index contributed by atoms with van der Waals surface area (Å²) in [6.07, 6.45) is 0. The summed E-state index contributed by atoms with van der Waals surface area (Å²) in [5.41, 5.74) is 1.60. The van der Waals surface area contributed by atoms with Crippen molar-refractivity contribution >= 4 is 34.8 Å². The van der Waals surface area contributed by atoms with Crippen molar-refractivity contribution in [2.45, 2.75) is 12.8 Å². The molecule has 0 aliphatic rings. The molecule has 0 N–H and O–H groups in total. The quantitative estimate of drug-likeness (QED) is 0.642. The molecule has 0 saturated heterocycles. The molecule has 0 aliphatic heterocycles. The van der Waals surface area contributed by atoms with E-state index in [2.05, 4.69) is 15.3 Å². The summed E-state index contributed by atoms with van der Waals surface area (Å²) in [7, 11) is 0. The molecular weight excluding hydrogens is 337 g/mol. The van der Waals surface area contributed by atoms with E-state index >= 15 is 0 Å². The van der Waals surface area contributed by atoms with Crippen molar-refractivity contribution in [1.29, 1.82) is 0 Å². The second-order valence-electron chi connectivity index (χ2n) is 4.20. The van der Waals surface area contributed by atoms with Crippen molar-refractivity contribution in [2.75, 3.05) is 0 Å². The van der Waals surface area contributed by atoms with Crippen molar-refractivity contribution in [3.63, 3.8) is 0 Å². The van der Waals surface area contributed by atoms with E-state index < -0.39 is 0 Å². The first-order valence-corrected chi connectivity index (χ1v) is 7.20. The third kappa shape index (κ3) is 2.52. The van der Waals surface area contributed by atoms with Gasteiger partial charge in [-0.25, -0.2) is 0 Å². The first-order valence-electron chi connectivity index (χ1n) is 5.91. The maximum Gasteiger partial charge on any atom is 0.241 e. The molecule has 0 unspecified atom stereocenters. The van der Waals surface area contributed by atoms with Gasteiger partial charge in [0.05, 0.1) is 15.6 Å². The SMILES string of the molecule is Cc1onc(-c2c(Cl)cccc2Cl)c1-c1noc(CCl)n1. The van der Waals surface area contributed by atoms with Gasteiger partial charge in [-0.3, -0.25) is 0 Å². The van der Waals surface area contributed by atoms with Crippen LogP contribution in [0, 0.1) is 6.92 Å². The minimum atomic E-state index is 0.125. The lowest BCUT2D eigenvalue weighted by Crippen LogP contribution is -1.88. The summed E-state index contributed by atoms with van der Waals surface area (Å²) in [6.45, 7) is 1.74. The average Bonchev–Trinajstić information content (AvgIpc) is 3.05. The second-order valence-corrected chi connectivity index (χ2v) is 5.29. The van der Waals surface area contributed by atoms with E-state index in [-0.39, 0.29) is 5.88 Å². The molecule has 0 fully saturated rings. The lowest BCUT2D eigenvalue weighted by Gasteiger charge is -2.04. The molecule has 0 atom stereocenters. The van der Waals surface area contributed by atoms with Crippen LogP contribution in [0.2, 0.25) is 10.0 Å². The Morgan fingerprint density at radius 3 is 2.38 bits per heavy atom. The van der Waals surface area contributed by atoms with Crippen molar-refractivity contribution in [3.05, 3.63) is 39.9 Å². The number of aryl methyl sites for hydroxylation is 1. The summed E-state index contributed by atoms with van der Waals surface area (Å²) in [5, 5.41) is 8.81. The van der Waals surface area contributed by atoms with Crippen molar-refractivity contribution in [1.82, 2.24) is 15.3 Å². The van der Waals surface area contributed by atoms with Gasteiger partial charge in [0, 0.05) is 5.56 Å². The molecule has 108 valence electrons. The van der Waals surface area contributed by atoms with Crippen molar-refractivity contribution < 1.29 is 9.05 Å². The zero-order valence-corrected chi connectivity index (χ0v) is 13.0. The molecule has 2 aromatic heterocycles. The zero-order chi connectivity index (χ0) is 15.0. The lowest BCUT2D eigenvalue weighted by molar-refractivity contribution is 0.390. The summed E-state index contributed by atoms with van der Waals surface area (Å²) in [4.78, 5) is 4.18. The molecule has 0 bridgehead atoms. The van der Waals surface area contributed by atoms with E-state index in [1.807, 2.05) is 0 Å². The van der Waals surface area contributed by atoms with Gasteiger partial charge in [0.2, 0.25) is 11.7 Å². The molecule has 3 aromatic rings. The Kier molecular flexibility index (Phi) is 3.89. The fourth-order valence-corrected chi connectivity index (χ4v) is 2.63. The number of hydrogen-bond acceptors (Lipinski definition) is 5. The number of benzene rings is 1. The van der Waals surface area contributed by atoms with Crippen LogP contribution in [0.5, 0.6) is 0 Å². The van der Waals surface area contributed by atoms with E-state index in [0.717, 1.165) is 0 Å². The van der Waals surface area contributed by atoms with Gasteiger partial charge in [0.25, 0.3) is 0 Å². The number of aromatic nitrogens is 3. The third-order valence-corrected chi connectivity index (χ3v) is 3.73. The monoisotopic (exact) mass is 343 g/mol. The minimum absolute atomic E-state index is 0.125. The van der Waals surface area contributed by atoms with Gasteiger partial charge in [0.1, 0.15) is 17.3 Å². The van der Waals surface area contributed by atoms with Crippen molar-refractivity contribution in [2.24, 2.45) is 0 Å². The number of alkyl halides is 1. The predicted molar refractivity (Wildman–Crippen MR) is 79.5 cm³/mol. The zero-order valence-electron chi connectivity index (χ0n) is 10.7. The molecule has 2 heterocycles. The van der Waals surface area contributed by atoms with Gasteiger partial charge in [-0.05, 0) is 19.1 Å². The molecular formula is C13H8Cl3N3O2. The topological polar surface area (TPSA) is 65.0 Å². The Balaban J connectivity index is 2.22. The molecule has 0 radical (unpaired) electrons. The van der Waals surface area contributed by atoms with Gasteiger partial charge in [-0.1, -0.05) is 39.6 Å². The maximum atomic E-state index is 6.21. The molecule has 3 rings (SSSR count). The molecule has 0 saturated carbocycles. The molecule has 21 heavy (non-hydrogen) atoms. The number of halogens is 3. The highest BCUT2D eigenvalue weighted by Crippen LogP contribution is 2.40. The third-order valence-electron chi connectivity index (χ3n) is 2.87. The highest BCUT2D eigenvalue weighted by atomic mass is 35.5. The van der Waals surface area contributed by atoms with E-state index in [4.69, 9.17) is 43.8 Å². The fraction of sp³-hybridized carbons (Fsp3) is 0.154.